The standard InChI is InChI=1S/2C48H29NOS2/c1-4-20-41-38(14-1)46-35(16-9-21-42(46)50-41)31-11-7-12-33(29-31)49(40-19-8-18-37-36-13-2-5-22-43(36)52-48(37)40)32-27-25-30(26-28-32)34-17-10-24-45-47(34)39-15-3-6-23-44(39)51-45;1-4-18-42-36(12-1)40-29-32(24-27-43(40)50-42)31-10-7-11-34(28-31)49(41-17-8-16-38-37-13-2-5-19-44(37)52-48(38)41)33-25-22-30(23-26-33)35-15-9-21-46-47(35)39-14-3-6-20-45(39)51-46/h2*1-29H. The molecule has 0 saturated carbocycles. The van der Waals surface area contributed by atoms with Gasteiger partial charge in [0.05, 0.1) is 20.8 Å². The summed E-state index contributed by atoms with van der Waals surface area (Å²) in [4.78, 5) is 4.86. The second-order valence-electron chi connectivity index (χ2n) is 26.5. The van der Waals surface area contributed by atoms with Crippen LogP contribution < -0.4 is 9.80 Å². The maximum absolute atomic E-state index is 6.29. The summed E-state index contributed by atoms with van der Waals surface area (Å²) in [7, 11) is 0. The van der Waals surface area contributed by atoms with E-state index in [1.165, 1.54) is 114 Å². The highest BCUT2D eigenvalue weighted by atomic mass is 32.1. The van der Waals surface area contributed by atoms with Crippen LogP contribution in [0.3, 0.4) is 0 Å². The number of rotatable bonds is 10. The van der Waals surface area contributed by atoms with Gasteiger partial charge < -0.3 is 18.6 Å². The summed E-state index contributed by atoms with van der Waals surface area (Å²) in [6.07, 6.45) is 0. The van der Waals surface area contributed by atoms with E-state index in [0.29, 0.717) is 0 Å². The Hall–Kier alpha value is -12.4. The third-order valence-corrected chi connectivity index (χ3v) is 25.2. The number of nitrogens with zero attached hydrogens (tertiary/aromatic N) is 2. The molecule has 0 saturated heterocycles. The molecule has 0 unspecified atom stereocenters. The number of fused-ring (bicyclic) bond motifs is 18. The first-order chi connectivity index (χ1) is 51.5. The highest BCUT2D eigenvalue weighted by Gasteiger charge is 2.24. The zero-order valence-electron chi connectivity index (χ0n) is 55.8. The third-order valence-electron chi connectivity index (χ3n) is 20.6. The Morgan fingerprint density at radius 2 is 0.558 bits per heavy atom. The molecule has 6 aromatic heterocycles. The lowest BCUT2D eigenvalue weighted by atomic mass is 9.98. The van der Waals surface area contributed by atoms with Gasteiger partial charge in [-0.1, -0.05) is 224 Å². The number of hydrogen-bond acceptors (Lipinski definition) is 8. The van der Waals surface area contributed by atoms with E-state index in [2.05, 4.69) is 337 Å². The first-order valence-electron chi connectivity index (χ1n) is 35.0. The van der Waals surface area contributed by atoms with E-state index in [-0.39, 0.29) is 0 Å². The van der Waals surface area contributed by atoms with E-state index >= 15 is 0 Å². The van der Waals surface area contributed by atoms with Crippen LogP contribution >= 0.6 is 45.3 Å². The zero-order chi connectivity index (χ0) is 68.3. The van der Waals surface area contributed by atoms with Crippen LogP contribution in [0.2, 0.25) is 0 Å². The van der Waals surface area contributed by atoms with Gasteiger partial charge >= 0.3 is 0 Å². The van der Waals surface area contributed by atoms with Crippen LogP contribution in [-0.4, -0.2) is 0 Å². The summed E-state index contributed by atoms with van der Waals surface area (Å²) in [6, 6.07) is 127. The first-order valence-corrected chi connectivity index (χ1v) is 38.3. The molecule has 0 aliphatic heterocycles. The largest absolute Gasteiger partial charge is 0.456 e. The van der Waals surface area contributed by atoms with Crippen molar-refractivity contribution >= 4 is 204 Å². The molecule has 0 bridgehead atoms. The van der Waals surface area contributed by atoms with Crippen molar-refractivity contribution in [2.24, 2.45) is 0 Å². The van der Waals surface area contributed by atoms with Crippen molar-refractivity contribution in [2.75, 3.05) is 9.80 Å². The molecule has 0 N–H and O–H groups in total. The van der Waals surface area contributed by atoms with Crippen molar-refractivity contribution in [3.05, 3.63) is 352 Å². The molecule has 0 amide bonds. The summed E-state index contributed by atoms with van der Waals surface area (Å²) < 4.78 is 22.9. The molecule has 6 heterocycles. The van der Waals surface area contributed by atoms with E-state index < -0.39 is 0 Å². The normalized spacial score (nSPS) is 11.8. The van der Waals surface area contributed by atoms with Gasteiger partial charge in [0, 0.05) is 116 Å². The lowest BCUT2D eigenvalue weighted by Gasteiger charge is -2.27. The molecule has 0 radical (unpaired) electrons. The third kappa shape index (κ3) is 10.0. The van der Waals surface area contributed by atoms with Crippen molar-refractivity contribution in [3.8, 4) is 44.5 Å². The fourth-order valence-electron chi connectivity index (χ4n) is 15.8. The highest BCUT2D eigenvalue weighted by Crippen LogP contribution is 2.50. The maximum atomic E-state index is 6.29. The summed E-state index contributed by atoms with van der Waals surface area (Å²) in [6.45, 7) is 0. The number of anilines is 6. The molecule has 0 aliphatic carbocycles. The number of para-hydroxylation sites is 2. The van der Waals surface area contributed by atoms with E-state index in [1.807, 2.05) is 69.6 Å². The van der Waals surface area contributed by atoms with Crippen molar-refractivity contribution in [3.63, 3.8) is 0 Å². The molecular weight excluding hydrogens is 1340 g/mol. The topological polar surface area (TPSA) is 32.8 Å². The summed E-state index contributed by atoms with van der Waals surface area (Å²) in [5.41, 5.74) is 20.0. The fraction of sp³-hybridized carbons (Fsp3) is 0. The predicted octanol–water partition coefficient (Wildman–Crippen LogP) is 30.3. The molecule has 22 rings (SSSR count). The number of hydrogen-bond donors (Lipinski definition) is 0. The van der Waals surface area contributed by atoms with Crippen molar-refractivity contribution in [1.29, 1.82) is 0 Å². The summed E-state index contributed by atoms with van der Waals surface area (Å²) in [5.74, 6) is 0. The average Bonchev–Trinajstić information content (AvgIpc) is 1.77. The van der Waals surface area contributed by atoms with Gasteiger partial charge in [-0.3, -0.25) is 0 Å². The Morgan fingerprint density at radius 3 is 1.12 bits per heavy atom. The van der Waals surface area contributed by atoms with Gasteiger partial charge in [0.15, 0.2) is 0 Å². The second kappa shape index (κ2) is 24.7. The Bertz CT molecular complexity index is 7150. The molecule has 0 aliphatic rings. The Morgan fingerprint density at radius 1 is 0.192 bits per heavy atom. The molecule has 0 atom stereocenters. The molecule has 4 nitrogen and oxygen atoms in total. The minimum atomic E-state index is 0.903. The molecule has 0 fully saturated rings. The lowest BCUT2D eigenvalue weighted by Crippen LogP contribution is -2.10. The number of benzene rings is 16. The van der Waals surface area contributed by atoms with Crippen molar-refractivity contribution < 1.29 is 8.83 Å². The molecule has 104 heavy (non-hydrogen) atoms. The van der Waals surface area contributed by atoms with Crippen LogP contribution in [0, 0.1) is 0 Å². The van der Waals surface area contributed by atoms with Crippen LogP contribution in [0.4, 0.5) is 34.1 Å². The van der Waals surface area contributed by atoms with Gasteiger partial charge in [-0.25, -0.2) is 0 Å². The van der Waals surface area contributed by atoms with Crippen LogP contribution in [0.1, 0.15) is 0 Å². The maximum Gasteiger partial charge on any atom is 0.136 e. The Labute approximate surface area is 614 Å². The number of furan rings is 2. The average molecular weight is 1400 g/mol. The number of thiophene rings is 4. The molecule has 16 aromatic carbocycles. The minimum absolute atomic E-state index is 0.903. The molecule has 0 spiro atoms. The highest BCUT2D eigenvalue weighted by molar-refractivity contribution is 7.27. The van der Waals surface area contributed by atoms with Gasteiger partial charge in [-0.15, -0.1) is 45.3 Å². The first kappa shape index (κ1) is 60.4. The van der Waals surface area contributed by atoms with Gasteiger partial charge in [-0.05, 0) is 172 Å². The predicted molar refractivity (Wildman–Crippen MR) is 450 cm³/mol. The summed E-state index contributed by atoms with van der Waals surface area (Å²) in [5, 5.41) is 15.0. The van der Waals surface area contributed by atoms with E-state index in [1.54, 1.807) is 0 Å². The fourth-order valence-corrected chi connectivity index (χ4v) is 20.5. The smallest absolute Gasteiger partial charge is 0.136 e. The minimum Gasteiger partial charge on any atom is -0.456 e. The monoisotopic (exact) mass is 1400 g/mol. The lowest BCUT2D eigenvalue weighted by molar-refractivity contribution is 0.668. The molecule has 22 aromatic rings. The van der Waals surface area contributed by atoms with E-state index in [9.17, 15) is 0 Å². The van der Waals surface area contributed by atoms with Crippen LogP contribution in [-0.2, 0) is 0 Å². The van der Waals surface area contributed by atoms with Crippen LogP contribution in [0.25, 0.3) is 169 Å². The SMILES string of the molecule is c1cc(-c2ccc3oc4ccccc4c3c2)cc(N(c2ccc(-c3cccc4sc5ccccc5c34)cc2)c2cccc3c2sc2ccccc23)c1.c1cc(-c2cccc3oc4ccccc4c23)cc(N(c2ccc(-c3cccc4sc5ccccc5c34)cc2)c2cccc3c2sc2ccccc23)c1. The second-order valence-corrected chi connectivity index (χ2v) is 30.8. The Kier molecular flexibility index (Phi) is 14.3. The van der Waals surface area contributed by atoms with Gasteiger partial charge in [0.2, 0.25) is 0 Å². The molecule has 488 valence electrons. The van der Waals surface area contributed by atoms with Crippen LogP contribution in [0.5, 0.6) is 0 Å². The Balaban J connectivity index is 0.000000134. The van der Waals surface area contributed by atoms with Crippen molar-refractivity contribution in [2.45, 2.75) is 0 Å². The zero-order valence-corrected chi connectivity index (χ0v) is 59.1. The quantitative estimate of drug-likeness (QED) is 0.137. The molecular formula is C96H58N2O2S4. The van der Waals surface area contributed by atoms with Gasteiger partial charge in [0.25, 0.3) is 0 Å². The summed E-state index contributed by atoms with van der Waals surface area (Å²) >= 11 is 7.45. The van der Waals surface area contributed by atoms with E-state index in [4.69, 9.17) is 8.83 Å². The van der Waals surface area contributed by atoms with E-state index in [0.717, 1.165) is 88.9 Å². The molecule has 8 heteroatoms. The van der Waals surface area contributed by atoms with Gasteiger partial charge in [0.1, 0.15) is 22.3 Å². The van der Waals surface area contributed by atoms with Crippen LogP contribution in [0.15, 0.2) is 361 Å². The van der Waals surface area contributed by atoms with Gasteiger partial charge in [-0.2, -0.15) is 0 Å². The van der Waals surface area contributed by atoms with Crippen molar-refractivity contribution in [1.82, 2.24) is 0 Å².